The van der Waals surface area contributed by atoms with Gasteiger partial charge in [-0.25, -0.2) is 0 Å². The zero-order valence-corrected chi connectivity index (χ0v) is 13.3. The molecule has 1 aliphatic heterocycles. The van der Waals surface area contributed by atoms with E-state index >= 15 is 0 Å². The van der Waals surface area contributed by atoms with Gasteiger partial charge in [-0.2, -0.15) is 0 Å². The Morgan fingerprint density at radius 1 is 1.30 bits per heavy atom. The van der Waals surface area contributed by atoms with E-state index in [0.717, 1.165) is 18.4 Å². The van der Waals surface area contributed by atoms with E-state index in [4.69, 9.17) is 13.9 Å². The molecule has 120 valence electrons. The molecule has 7 nitrogen and oxygen atoms in total. The van der Waals surface area contributed by atoms with Crippen molar-refractivity contribution >= 4 is 17.7 Å². The zero-order valence-electron chi connectivity index (χ0n) is 12.4. The van der Waals surface area contributed by atoms with Gasteiger partial charge in [-0.15, -0.1) is 10.2 Å². The van der Waals surface area contributed by atoms with Gasteiger partial charge in [-0.05, 0) is 38.0 Å². The third-order valence-corrected chi connectivity index (χ3v) is 4.53. The minimum Gasteiger partial charge on any atom is -0.454 e. The van der Waals surface area contributed by atoms with Crippen LogP contribution in [0.15, 0.2) is 27.8 Å². The molecule has 1 aliphatic carbocycles. The van der Waals surface area contributed by atoms with Crippen molar-refractivity contribution in [2.24, 2.45) is 0 Å². The SMILES string of the molecule is C[C@@H](Sc1nnc(-c2ccc3c(c2)OCO3)o1)C(=O)NC1CC1. The largest absolute Gasteiger partial charge is 0.454 e. The number of aromatic nitrogens is 2. The number of thioether (sulfide) groups is 1. The standard InChI is InChI=1S/C15H15N3O4S/c1-8(13(19)16-10-3-4-10)23-15-18-17-14(22-15)9-2-5-11-12(6-9)21-7-20-11/h2,5-6,8,10H,3-4,7H2,1H3,(H,16,19)/t8-/m1/s1. The van der Waals surface area contributed by atoms with Crippen LogP contribution >= 0.6 is 11.8 Å². The minimum absolute atomic E-state index is 0.000305. The van der Waals surface area contributed by atoms with Crippen LogP contribution < -0.4 is 14.8 Å². The van der Waals surface area contributed by atoms with Gasteiger partial charge in [0.25, 0.3) is 5.22 Å². The molecular formula is C15H15N3O4S. The van der Waals surface area contributed by atoms with Gasteiger partial charge in [0.2, 0.25) is 18.6 Å². The zero-order chi connectivity index (χ0) is 15.8. The summed E-state index contributed by atoms with van der Waals surface area (Å²) in [5.74, 6) is 1.75. The van der Waals surface area contributed by atoms with Crippen molar-refractivity contribution in [3.05, 3.63) is 18.2 Å². The second kappa shape index (κ2) is 5.77. The first-order chi connectivity index (χ1) is 11.2. The van der Waals surface area contributed by atoms with Crippen LogP contribution in [0, 0.1) is 0 Å². The number of nitrogens with zero attached hydrogens (tertiary/aromatic N) is 2. The Kier molecular flexibility index (Phi) is 3.60. The maximum absolute atomic E-state index is 12.0. The quantitative estimate of drug-likeness (QED) is 0.840. The van der Waals surface area contributed by atoms with Crippen LogP contribution in [0.2, 0.25) is 0 Å². The predicted molar refractivity (Wildman–Crippen MR) is 82.3 cm³/mol. The van der Waals surface area contributed by atoms with Gasteiger partial charge in [-0.3, -0.25) is 4.79 Å². The topological polar surface area (TPSA) is 86.5 Å². The molecule has 2 aliphatic rings. The van der Waals surface area contributed by atoms with Crippen LogP contribution in [0.25, 0.3) is 11.5 Å². The molecule has 1 aromatic heterocycles. The van der Waals surface area contributed by atoms with Crippen molar-refractivity contribution in [3.8, 4) is 23.0 Å². The van der Waals surface area contributed by atoms with E-state index in [0.29, 0.717) is 28.7 Å². The lowest BCUT2D eigenvalue weighted by Crippen LogP contribution is -2.32. The Morgan fingerprint density at radius 3 is 2.96 bits per heavy atom. The van der Waals surface area contributed by atoms with Crippen LogP contribution in [-0.4, -0.2) is 34.2 Å². The summed E-state index contributed by atoms with van der Waals surface area (Å²) in [6, 6.07) is 5.78. The molecule has 2 aromatic rings. The highest BCUT2D eigenvalue weighted by Crippen LogP contribution is 2.36. The number of rotatable bonds is 5. The summed E-state index contributed by atoms with van der Waals surface area (Å²) < 4.78 is 16.2. The van der Waals surface area contributed by atoms with Gasteiger partial charge in [-0.1, -0.05) is 11.8 Å². The van der Waals surface area contributed by atoms with Crippen molar-refractivity contribution in [3.63, 3.8) is 0 Å². The molecule has 23 heavy (non-hydrogen) atoms. The number of hydrogen-bond acceptors (Lipinski definition) is 7. The van der Waals surface area contributed by atoms with Crippen molar-refractivity contribution in [1.82, 2.24) is 15.5 Å². The number of ether oxygens (including phenoxy) is 2. The van der Waals surface area contributed by atoms with Crippen molar-refractivity contribution in [2.45, 2.75) is 36.3 Å². The maximum Gasteiger partial charge on any atom is 0.277 e. The number of fused-ring (bicyclic) bond motifs is 1. The van der Waals surface area contributed by atoms with Gasteiger partial charge in [0.15, 0.2) is 11.5 Å². The van der Waals surface area contributed by atoms with Crippen molar-refractivity contribution in [1.29, 1.82) is 0 Å². The lowest BCUT2D eigenvalue weighted by Gasteiger charge is -2.08. The second-order valence-electron chi connectivity index (χ2n) is 5.48. The summed E-state index contributed by atoms with van der Waals surface area (Å²) in [5.41, 5.74) is 0.753. The van der Waals surface area contributed by atoms with Gasteiger partial charge in [0.1, 0.15) is 0 Å². The molecule has 0 radical (unpaired) electrons. The van der Waals surface area contributed by atoms with Crippen LogP contribution in [-0.2, 0) is 4.79 Å². The Balaban J connectivity index is 1.45. The molecule has 1 saturated carbocycles. The Labute approximate surface area is 136 Å². The normalized spacial score (nSPS) is 17.1. The monoisotopic (exact) mass is 333 g/mol. The van der Waals surface area contributed by atoms with E-state index < -0.39 is 0 Å². The van der Waals surface area contributed by atoms with E-state index in [1.165, 1.54) is 11.8 Å². The molecule has 1 amide bonds. The average Bonchev–Trinajstić information content (AvgIpc) is 3.05. The van der Waals surface area contributed by atoms with E-state index in [1.807, 2.05) is 13.0 Å². The fourth-order valence-electron chi connectivity index (χ4n) is 2.15. The lowest BCUT2D eigenvalue weighted by molar-refractivity contribution is -0.120. The molecule has 2 heterocycles. The van der Waals surface area contributed by atoms with Crippen LogP contribution in [0.4, 0.5) is 0 Å². The molecule has 1 N–H and O–H groups in total. The second-order valence-corrected chi connectivity index (χ2v) is 6.78. The number of hydrogen-bond donors (Lipinski definition) is 1. The van der Waals surface area contributed by atoms with Crippen LogP contribution in [0.3, 0.4) is 0 Å². The molecule has 1 aromatic carbocycles. The average molecular weight is 333 g/mol. The van der Waals surface area contributed by atoms with Gasteiger partial charge in [0, 0.05) is 11.6 Å². The number of benzene rings is 1. The van der Waals surface area contributed by atoms with E-state index in [1.54, 1.807) is 12.1 Å². The molecule has 0 bridgehead atoms. The number of carbonyl (C=O) groups is 1. The number of amides is 1. The molecular weight excluding hydrogens is 318 g/mol. The third kappa shape index (κ3) is 3.12. The highest BCUT2D eigenvalue weighted by molar-refractivity contribution is 8.00. The van der Waals surface area contributed by atoms with Crippen LogP contribution in [0.5, 0.6) is 11.5 Å². The fourth-order valence-corrected chi connectivity index (χ4v) is 2.85. The first kappa shape index (κ1) is 14.4. The number of carbonyl (C=O) groups excluding carboxylic acids is 1. The lowest BCUT2D eigenvalue weighted by atomic mass is 10.2. The van der Waals surface area contributed by atoms with Crippen molar-refractivity contribution < 1.29 is 18.7 Å². The van der Waals surface area contributed by atoms with Gasteiger partial charge in [0.05, 0.1) is 5.25 Å². The summed E-state index contributed by atoms with van der Waals surface area (Å²) in [7, 11) is 0. The Bertz CT molecular complexity index is 744. The first-order valence-corrected chi connectivity index (χ1v) is 8.27. The van der Waals surface area contributed by atoms with E-state index in [2.05, 4.69) is 15.5 Å². The summed E-state index contributed by atoms with van der Waals surface area (Å²) in [5, 5.41) is 11.1. The molecule has 8 heteroatoms. The predicted octanol–water partition coefficient (Wildman–Crippen LogP) is 2.22. The number of nitrogens with one attached hydrogen (secondary N) is 1. The van der Waals surface area contributed by atoms with E-state index in [-0.39, 0.29) is 18.0 Å². The molecule has 0 saturated heterocycles. The molecule has 1 fully saturated rings. The summed E-state index contributed by atoms with van der Waals surface area (Å²) >= 11 is 1.25. The molecule has 0 spiro atoms. The Morgan fingerprint density at radius 2 is 2.13 bits per heavy atom. The third-order valence-electron chi connectivity index (χ3n) is 3.60. The molecule has 0 unspecified atom stereocenters. The maximum atomic E-state index is 12.0. The highest BCUT2D eigenvalue weighted by Gasteiger charge is 2.27. The van der Waals surface area contributed by atoms with Gasteiger partial charge >= 0.3 is 0 Å². The summed E-state index contributed by atoms with van der Waals surface area (Å²) in [6.07, 6.45) is 2.13. The van der Waals surface area contributed by atoms with E-state index in [9.17, 15) is 4.79 Å². The van der Waals surface area contributed by atoms with Crippen LogP contribution in [0.1, 0.15) is 19.8 Å². The summed E-state index contributed by atoms with van der Waals surface area (Å²) in [4.78, 5) is 12.0. The first-order valence-electron chi connectivity index (χ1n) is 7.39. The van der Waals surface area contributed by atoms with Gasteiger partial charge < -0.3 is 19.2 Å². The molecule has 4 rings (SSSR count). The van der Waals surface area contributed by atoms with Crippen molar-refractivity contribution in [2.75, 3.05) is 6.79 Å². The minimum atomic E-state index is -0.277. The summed E-state index contributed by atoms with van der Waals surface area (Å²) in [6.45, 7) is 2.05. The molecule has 1 atom stereocenters. The highest BCUT2D eigenvalue weighted by atomic mass is 32.2. The smallest absolute Gasteiger partial charge is 0.277 e. The fraction of sp³-hybridized carbons (Fsp3) is 0.400. The Hall–Kier alpha value is -2.22.